The summed E-state index contributed by atoms with van der Waals surface area (Å²) in [6.07, 6.45) is 4.21. The van der Waals surface area contributed by atoms with Crippen LogP contribution in [-0.2, 0) is 14.3 Å². The minimum absolute atomic E-state index is 0.0795. The van der Waals surface area contributed by atoms with Gasteiger partial charge in [-0.3, -0.25) is 0 Å². The maximum atomic E-state index is 12.1. The van der Waals surface area contributed by atoms with Crippen LogP contribution in [0.5, 0.6) is 0 Å². The average Bonchev–Trinajstić information content (AvgIpc) is 2.21. The highest BCUT2D eigenvalue weighted by molar-refractivity contribution is 7.06. The summed E-state index contributed by atoms with van der Waals surface area (Å²) in [5, 5.41) is 0.440. The van der Waals surface area contributed by atoms with Crippen LogP contribution < -0.4 is 0 Å². The fraction of sp³-hybridized carbons (Fsp3) is 0.692. The summed E-state index contributed by atoms with van der Waals surface area (Å²) in [6.45, 7) is 10.6. The quantitative estimate of drug-likeness (QED) is 0.431. The molecule has 0 rings (SSSR count). The second-order valence-corrected chi connectivity index (χ2v) is 11.1. The second kappa shape index (κ2) is 6.14. The van der Waals surface area contributed by atoms with Crippen LogP contribution in [0.15, 0.2) is 12.2 Å². The maximum Gasteiger partial charge on any atom is 0.330 e. The summed E-state index contributed by atoms with van der Waals surface area (Å²) < 4.78 is 4.48. The van der Waals surface area contributed by atoms with Gasteiger partial charge in [-0.1, -0.05) is 39.9 Å². The number of methoxy groups -OCH3 is 1. The van der Waals surface area contributed by atoms with Gasteiger partial charge in [-0.25, -0.2) is 4.79 Å². The van der Waals surface area contributed by atoms with Crippen molar-refractivity contribution in [3.63, 3.8) is 0 Å². The van der Waals surface area contributed by atoms with E-state index in [1.165, 1.54) is 13.2 Å². The number of carbonyl (C=O) groups excluding carboxylic acids is 2. The molecule has 0 N–H and O–H groups in total. The van der Waals surface area contributed by atoms with E-state index in [0.29, 0.717) is 18.2 Å². The Balaban J connectivity index is 4.29. The first-order valence-electron chi connectivity index (χ1n) is 5.90. The lowest BCUT2D eigenvalue weighted by molar-refractivity contribution is -0.134. The van der Waals surface area contributed by atoms with Gasteiger partial charge < -0.3 is 9.53 Å². The highest BCUT2D eigenvalue weighted by atomic mass is 28.3. The van der Waals surface area contributed by atoms with Crippen LogP contribution in [0.25, 0.3) is 0 Å². The summed E-state index contributed by atoms with van der Waals surface area (Å²) in [6, 6.07) is 0. The standard InChI is InChI=1S/C13H24O3Si/c1-13(2,3)17(5,6)12(15)10-8-7-9-11(14)16-4/h7,9H,8,10H2,1-6H3/b9-7+. The number of allylic oxidation sites excluding steroid dienone is 1. The minimum atomic E-state index is -1.88. The van der Waals surface area contributed by atoms with Gasteiger partial charge in [-0.15, -0.1) is 0 Å². The van der Waals surface area contributed by atoms with E-state index in [-0.39, 0.29) is 11.0 Å². The average molecular weight is 256 g/mol. The molecule has 0 saturated carbocycles. The zero-order chi connectivity index (χ0) is 13.7. The van der Waals surface area contributed by atoms with Crippen molar-refractivity contribution in [3.8, 4) is 0 Å². The van der Waals surface area contributed by atoms with Gasteiger partial charge in [0.15, 0.2) is 0 Å². The summed E-state index contributed by atoms with van der Waals surface area (Å²) >= 11 is 0. The van der Waals surface area contributed by atoms with E-state index in [2.05, 4.69) is 38.6 Å². The van der Waals surface area contributed by atoms with Crippen molar-refractivity contribution in [3.05, 3.63) is 12.2 Å². The number of hydrogen-bond donors (Lipinski definition) is 0. The first-order chi connectivity index (χ1) is 7.63. The molecule has 0 aliphatic rings. The SMILES string of the molecule is COC(=O)/C=C/CCC(=O)[Si](C)(C)C(C)(C)C. The van der Waals surface area contributed by atoms with Crippen LogP contribution in [0, 0.1) is 0 Å². The van der Waals surface area contributed by atoms with Crippen molar-refractivity contribution >= 4 is 19.4 Å². The summed E-state index contributed by atoms with van der Waals surface area (Å²) in [5.74, 6) is -0.371. The molecule has 0 unspecified atom stereocenters. The van der Waals surface area contributed by atoms with Crippen LogP contribution in [-0.4, -0.2) is 26.6 Å². The molecule has 0 aromatic carbocycles. The largest absolute Gasteiger partial charge is 0.466 e. The molecule has 3 nitrogen and oxygen atoms in total. The van der Waals surface area contributed by atoms with Gasteiger partial charge in [-0.05, 0) is 11.5 Å². The first-order valence-corrected chi connectivity index (χ1v) is 8.90. The van der Waals surface area contributed by atoms with Crippen molar-refractivity contribution in [2.45, 2.75) is 51.7 Å². The Kier molecular flexibility index (Phi) is 5.82. The van der Waals surface area contributed by atoms with E-state index in [9.17, 15) is 9.59 Å². The molecule has 17 heavy (non-hydrogen) atoms. The first kappa shape index (κ1) is 16.1. The Morgan fingerprint density at radius 2 is 1.76 bits per heavy atom. The van der Waals surface area contributed by atoms with Crippen LogP contribution in [0.4, 0.5) is 0 Å². The predicted octanol–water partition coefficient (Wildman–Crippen LogP) is 3.11. The Bertz CT molecular complexity index is 311. The van der Waals surface area contributed by atoms with Gasteiger partial charge >= 0.3 is 5.97 Å². The molecule has 0 atom stereocenters. The molecule has 4 heteroatoms. The molecular weight excluding hydrogens is 232 g/mol. The Hall–Kier alpha value is -0.903. The van der Waals surface area contributed by atoms with Crippen LogP contribution >= 0.6 is 0 Å². The van der Waals surface area contributed by atoms with Crippen LogP contribution in [0.2, 0.25) is 18.1 Å². The second-order valence-electron chi connectivity index (χ2n) is 5.76. The number of esters is 1. The van der Waals surface area contributed by atoms with E-state index < -0.39 is 8.07 Å². The Morgan fingerprint density at radius 1 is 1.24 bits per heavy atom. The normalized spacial score (nSPS) is 12.8. The minimum Gasteiger partial charge on any atom is -0.466 e. The zero-order valence-electron chi connectivity index (χ0n) is 11.8. The monoisotopic (exact) mass is 256 g/mol. The topological polar surface area (TPSA) is 43.4 Å². The van der Waals surface area contributed by atoms with Gasteiger partial charge in [0.05, 0.1) is 7.11 Å². The molecule has 98 valence electrons. The summed E-state index contributed by atoms with van der Waals surface area (Å²) in [5.41, 5.74) is 0. The van der Waals surface area contributed by atoms with Gasteiger partial charge in [0.25, 0.3) is 0 Å². The lowest BCUT2D eigenvalue weighted by atomic mass is 10.2. The van der Waals surface area contributed by atoms with Crippen LogP contribution in [0.1, 0.15) is 33.6 Å². The third-order valence-corrected chi connectivity index (χ3v) is 8.96. The predicted molar refractivity (Wildman–Crippen MR) is 72.6 cm³/mol. The van der Waals surface area contributed by atoms with E-state index in [0.717, 1.165) is 0 Å². The van der Waals surface area contributed by atoms with Crippen molar-refractivity contribution in [2.75, 3.05) is 7.11 Å². The van der Waals surface area contributed by atoms with E-state index in [4.69, 9.17) is 0 Å². The molecule has 0 aliphatic heterocycles. The zero-order valence-corrected chi connectivity index (χ0v) is 12.8. The molecule has 0 heterocycles. The Morgan fingerprint density at radius 3 is 2.18 bits per heavy atom. The molecule has 0 bridgehead atoms. The fourth-order valence-electron chi connectivity index (χ4n) is 1.19. The molecule has 0 radical (unpaired) electrons. The van der Waals surface area contributed by atoms with Crippen molar-refractivity contribution < 1.29 is 14.3 Å². The lowest BCUT2D eigenvalue weighted by Gasteiger charge is -2.35. The van der Waals surface area contributed by atoms with Crippen molar-refractivity contribution in [1.82, 2.24) is 0 Å². The fourth-order valence-corrected chi connectivity index (χ4v) is 2.80. The van der Waals surface area contributed by atoms with E-state index in [1.807, 2.05) is 0 Å². The van der Waals surface area contributed by atoms with Gasteiger partial charge in [-0.2, -0.15) is 0 Å². The van der Waals surface area contributed by atoms with E-state index >= 15 is 0 Å². The molecule has 0 aliphatic carbocycles. The molecule has 0 fully saturated rings. The number of carbonyl (C=O) groups is 2. The Labute approximate surface area is 105 Å². The summed E-state index contributed by atoms with van der Waals surface area (Å²) in [4.78, 5) is 23.0. The van der Waals surface area contributed by atoms with Crippen LogP contribution in [0.3, 0.4) is 0 Å². The van der Waals surface area contributed by atoms with Crippen molar-refractivity contribution in [1.29, 1.82) is 0 Å². The van der Waals surface area contributed by atoms with Crippen molar-refractivity contribution in [2.24, 2.45) is 0 Å². The number of ether oxygens (including phenoxy) is 1. The molecule has 0 amide bonds. The van der Waals surface area contributed by atoms with Gasteiger partial charge in [0, 0.05) is 12.5 Å². The number of rotatable bonds is 5. The highest BCUT2D eigenvalue weighted by Crippen LogP contribution is 2.37. The molecular formula is C13H24O3Si. The smallest absolute Gasteiger partial charge is 0.330 e. The molecule has 0 saturated heterocycles. The third-order valence-electron chi connectivity index (χ3n) is 3.57. The molecule has 0 aromatic rings. The van der Waals surface area contributed by atoms with E-state index in [1.54, 1.807) is 6.08 Å². The van der Waals surface area contributed by atoms with Gasteiger partial charge in [0.2, 0.25) is 0 Å². The van der Waals surface area contributed by atoms with Gasteiger partial charge in [0.1, 0.15) is 13.5 Å². The summed E-state index contributed by atoms with van der Waals surface area (Å²) in [7, 11) is -0.542. The highest BCUT2D eigenvalue weighted by Gasteiger charge is 2.41. The lowest BCUT2D eigenvalue weighted by Crippen LogP contribution is -2.46. The molecule has 0 spiro atoms. The third kappa shape index (κ3) is 4.85. The molecule has 0 aromatic heterocycles. The number of hydrogen-bond acceptors (Lipinski definition) is 3. The maximum absolute atomic E-state index is 12.1.